The molecule has 0 aromatic rings. The van der Waals surface area contributed by atoms with Crippen LogP contribution in [0.2, 0.25) is 0 Å². The van der Waals surface area contributed by atoms with Gasteiger partial charge in [0.2, 0.25) is 0 Å². The summed E-state index contributed by atoms with van der Waals surface area (Å²) in [7, 11) is 0.817. The summed E-state index contributed by atoms with van der Waals surface area (Å²) in [5.74, 6) is -0.763. The van der Waals surface area contributed by atoms with Gasteiger partial charge < -0.3 is 102 Å². The number of rotatable bonds is 7. The average molecular weight is 1930 g/mol. The average Bonchev–Trinajstić information content (AvgIpc) is 1.85. The molecule has 0 radical (unpaired) electrons. The number of alkyl halides is 3. The Bertz CT molecular complexity index is 3320. The molecule has 0 saturated carbocycles. The number of methoxy groups -OCH3 is 3. The molecular formula is C75H125AgF3LiN7NaO36S-. The number of hydrogen-bond donors (Lipinski definition) is 2. The molecule has 717 valence electrons. The van der Waals surface area contributed by atoms with Crippen molar-refractivity contribution < 1.29 is 254 Å². The predicted molar refractivity (Wildman–Crippen MR) is 404 cm³/mol. The third-order valence-corrected chi connectivity index (χ3v) is 15.8. The number of aliphatic carboxylic acids is 1. The second-order valence-corrected chi connectivity index (χ2v) is 33.7. The van der Waals surface area contributed by atoms with Crippen molar-refractivity contribution in [3.63, 3.8) is 0 Å². The molecule has 125 heavy (non-hydrogen) atoms. The van der Waals surface area contributed by atoms with Crippen LogP contribution in [-0.4, -0.2) is 292 Å². The Morgan fingerprint density at radius 2 is 0.656 bits per heavy atom. The third-order valence-electron chi connectivity index (χ3n) is 15.4. The summed E-state index contributed by atoms with van der Waals surface area (Å²) >= 11 is 1.70. The van der Waals surface area contributed by atoms with Crippen LogP contribution in [-0.2, 0) is 153 Å². The number of aliphatic hydroxyl groups excluding tert-OH is 1. The second kappa shape index (κ2) is 74.0. The van der Waals surface area contributed by atoms with Crippen LogP contribution in [0.1, 0.15) is 198 Å². The number of carboxylic acids is 1. The Labute approximate surface area is 775 Å². The van der Waals surface area contributed by atoms with Crippen LogP contribution in [0.25, 0.3) is 0 Å². The summed E-state index contributed by atoms with van der Waals surface area (Å²) in [6.45, 7) is 48.5. The number of carbonyl (C=O) groups excluding carboxylic acids is 19. The zero-order valence-electron chi connectivity index (χ0n) is 76.5. The van der Waals surface area contributed by atoms with Gasteiger partial charge in [-0.05, 0) is 198 Å². The van der Waals surface area contributed by atoms with Crippen LogP contribution in [0.3, 0.4) is 0 Å². The Morgan fingerprint density at radius 1 is 0.416 bits per heavy atom. The van der Waals surface area contributed by atoms with Gasteiger partial charge in [0.05, 0.1) is 44.1 Å². The van der Waals surface area contributed by atoms with Crippen molar-refractivity contribution >= 4 is 96.1 Å². The first-order chi connectivity index (χ1) is 55.3. The predicted octanol–water partition coefficient (Wildman–Crippen LogP) is 2.32. The fraction of sp³-hybridized carbons (Fsp3) is 0.800. The Kier molecular flexibility index (Phi) is 84.5. The van der Waals surface area contributed by atoms with Gasteiger partial charge in [0, 0.05) is 125 Å². The quantitative estimate of drug-likeness (QED) is 0.160. The fourth-order valence-electron chi connectivity index (χ4n) is 11.0. The summed E-state index contributed by atoms with van der Waals surface area (Å²) in [4.78, 5) is 200. The van der Waals surface area contributed by atoms with Gasteiger partial charge in [-0.15, -0.1) is 0 Å². The number of carbonyl (C=O) groups is 8. The van der Waals surface area contributed by atoms with E-state index in [2.05, 4.69) is 13.0 Å². The van der Waals surface area contributed by atoms with Crippen molar-refractivity contribution in [1.29, 1.82) is 5.26 Å². The monoisotopic (exact) mass is 1930 g/mol. The molecule has 0 aliphatic carbocycles. The number of halogens is 3. The molecule has 11 atom stereocenters. The van der Waals surface area contributed by atoms with E-state index >= 15 is 0 Å². The maximum absolute atomic E-state index is 11.9. The number of aliphatic hydroxyl groups is 1. The van der Waals surface area contributed by atoms with Crippen molar-refractivity contribution in [3.05, 3.63) is 0 Å². The molecule has 0 unspecified atom stereocenters. The van der Waals surface area contributed by atoms with Crippen molar-refractivity contribution in [2.45, 2.75) is 267 Å². The molecule has 6 heterocycles. The number of hydrogen-bond acceptors (Lipinski definition) is 37. The molecule has 6 fully saturated rings. The van der Waals surface area contributed by atoms with Gasteiger partial charge in [0.1, 0.15) is 33.6 Å². The molecule has 6 rings (SSSR count). The molecule has 0 spiro atoms. The number of nitriles is 1. The summed E-state index contributed by atoms with van der Waals surface area (Å²) in [6, 6.07) is 2.64. The molecule has 0 aromatic carbocycles. The van der Waals surface area contributed by atoms with Gasteiger partial charge in [-0.2, -0.15) is 76.0 Å². The number of ether oxygens (including phenoxy) is 9. The summed E-state index contributed by atoms with van der Waals surface area (Å²) in [6.07, 6.45) is 4.44. The summed E-state index contributed by atoms with van der Waals surface area (Å²) in [5, 5.41) is 26.7. The molecule has 4 N–H and O–H groups in total. The molecule has 0 aromatic heterocycles. The third kappa shape index (κ3) is 75.8. The number of likely N-dealkylation sites (tertiary alicyclic amines) is 6. The van der Waals surface area contributed by atoms with Crippen LogP contribution in [0.4, 0.5) is 41.9 Å². The van der Waals surface area contributed by atoms with Crippen LogP contribution in [0, 0.1) is 46.8 Å². The molecule has 43 nitrogen and oxygen atoms in total. The number of carboxylic acid groups (broad SMARTS) is 1. The van der Waals surface area contributed by atoms with Crippen molar-refractivity contribution in [2.75, 3.05) is 87.0 Å². The second-order valence-electron chi connectivity index (χ2n) is 32.8. The van der Waals surface area contributed by atoms with Gasteiger partial charge in [-0.3, -0.25) is 9.59 Å². The van der Waals surface area contributed by atoms with Crippen LogP contribution < -0.4 is 48.4 Å². The molecule has 6 amide bonds. The standard InChI is InChI=1S/C12H21NO4.C12H23NO3.C11H18N2O2.C11H19NO4.2C11H21NO3.CF3O2S.6CO2.Ag.Li.Na.2H2O.O/c1-8-6-9(10(14)16-5)7-13(8)11(15)17-12(2,3)4;1-9-6-10(8-15-5)7-13(9)11(14)16-12(2,3)4;1-8-5-9(6-12)7-13(8)10(14)15-11(2,3)4;1-7-5-8(9(13)14)6-12(7)10(15)16-11(2,3)4;1-8-5-9(7-13)6-12(8)10(14)15-11(2,3)4;1-11(2,3)15-10(13)12-6-5-9(7-12)8-14-4;2-1(3,4)7(5)6;6*2-1-3;;;;;;/h8-9H,6-7H2,1-5H3;9-10H,6-8H2,1-5H3;8-9H,5,7H2,1-4H3;7-8H,5-6H2,1-4H3,(H,13,14);8-9,13H,5-7H2,1-4H3;9H,5-8H2,1-4H3;;;;;;;;;;;2*1H2;/q;;;;;;-1;;;;;;;;2*+1;;;/p-2/t8-,9+;9-,10+;8-,9-;7-,8+;8-,9+;9-;;;;;;;;;;;;;/m111110............./s1. The van der Waals surface area contributed by atoms with E-state index in [1.165, 1.54) is 12.0 Å². The molecular weight excluding hydrogens is 1800 g/mol. The Morgan fingerprint density at radius 3 is 0.896 bits per heavy atom. The van der Waals surface area contributed by atoms with Gasteiger partial charge in [-0.25, -0.2) is 28.8 Å². The Hall–Kier alpha value is -7.99. The molecule has 6 aliphatic rings. The molecule has 6 aliphatic heterocycles. The minimum absolute atomic E-state index is 0. The van der Waals surface area contributed by atoms with Crippen molar-refractivity contribution in [2.24, 2.45) is 35.5 Å². The number of amides is 6. The van der Waals surface area contributed by atoms with Crippen molar-refractivity contribution in [3.8, 4) is 6.07 Å². The van der Waals surface area contributed by atoms with E-state index in [9.17, 15) is 51.5 Å². The topological polar surface area (TPSA) is 619 Å². The van der Waals surface area contributed by atoms with E-state index in [1.54, 1.807) is 80.5 Å². The molecule has 0 bridgehead atoms. The van der Waals surface area contributed by atoms with E-state index < -0.39 is 67.8 Å². The normalized spacial score (nSPS) is 20.1. The van der Waals surface area contributed by atoms with E-state index in [4.69, 9.17) is 127 Å². The van der Waals surface area contributed by atoms with Crippen molar-refractivity contribution in [1.82, 2.24) is 29.4 Å². The summed E-state index contributed by atoms with van der Waals surface area (Å²) < 4.78 is 104. The van der Waals surface area contributed by atoms with E-state index in [0.29, 0.717) is 50.9 Å². The Balaban J connectivity index is -0.000000115. The molecule has 50 heteroatoms. The maximum atomic E-state index is 11.9. The van der Waals surface area contributed by atoms with Crippen LogP contribution in [0.5, 0.6) is 0 Å². The first-order valence-corrected chi connectivity index (χ1v) is 38.5. The van der Waals surface area contributed by atoms with Gasteiger partial charge in [-0.1, -0.05) is 0 Å². The number of esters is 1. The van der Waals surface area contributed by atoms with E-state index in [1.807, 2.05) is 132 Å². The van der Waals surface area contributed by atoms with Gasteiger partial charge in [0.25, 0.3) is 0 Å². The SMILES string of the molecule is COC(=O)[C@H]1C[C@@H](C)N(C(=O)OC(C)(C)C)C1.COC[C@H]1CCN(C(=O)OC(C)(C)C)C1.COC[C@H]1C[C@@H](C)N(C(=O)OC(C)(C)C)C1.C[C@@H]1C[C@H](C#N)CN1C(=O)OC(C)(C)C.C[C@@H]1C[C@H](C(=O)O)CN1C(=O)OC(C)(C)C.C[C@@H]1C[C@H](CO)CN1C(=O)OC(C)(C)C.O=C=O.O=C=O.O=C=O.O=C=O.O=C=O.O=C=O.O=[S-](=O)C(F)(F)F.[Li+].[Na+].[OH-].[OH-].[O]=[Ag]. The van der Waals surface area contributed by atoms with Gasteiger partial charge in [0.15, 0.2) is 0 Å². The minimum atomic E-state index is -5.08. The summed E-state index contributed by atoms with van der Waals surface area (Å²) in [5.41, 5.74) is -7.89. The van der Waals surface area contributed by atoms with Crippen LogP contribution in [0.15, 0.2) is 0 Å². The molecule has 6 saturated heterocycles. The zero-order valence-corrected chi connectivity index (χ0v) is 80.8. The zero-order chi connectivity index (χ0) is 97.1. The fourth-order valence-corrected chi connectivity index (χ4v) is 11.0. The van der Waals surface area contributed by atoms with E-state index in [0.717, 1.165) is 51.9 Å². The van der Waals surface area contributed by atoms with E-state index in [-0.39, 0.29) is 194 Å². The first-order valence-electron chi connectivity index (χ1n) is 36.8. The van der Waals surface area contributed by atoms with Crippen LogP contribution >= 0.6 is 0 Å². The number of nitrogens with zero attached hydrogens (tertiary/aromatic N) is 7. The van der Waals surface area contributed by atoms with Gasteiger partial charge >= 0.3 is 164 Å². The first kappa shape index (κ1) is 143.